The smallest absolute Gasteiger partial charge is 0.410 e. The predicted molar refractivity (Wildman–Crippen MR) is 62.5 cm³/mol. The van der Waals surface area contributed by atoms with Crippen molar-refractivity contribution in [3.05, 3.63) is 0 Å². The van der Waals surface area contributed by atoms with Gasteiger partial charge >= 0.3 is 6.09 Å². The molecule has 0 bridgehead atoms. The number of ether oxygens (including phenoxy) is 2. The standard InChI is InChI=1S/C12H23NO3/c1-5-13(9-10-7-6-8-15-10)11(14)16-12(2,3)4/h10H,5-9H2,1-4H3. The van der Waals surface area contributed by atoms with Crippen LogP contribution in [0.2, 0.25) is 0 Å². The fraction of sp³-hybridized carbons (Fsp3) is 0.917. The van der Waals surface area contributed by atoms with Gasteiger partial charge in [-0.05, 0) is 40.5 Å². The first-order chi connectivity index (χ1) is 7.42. The molecule has 0 N–H and O–H groups in total. The molecular weight excluding hydrogens is 206 g/mol. The summed E-state index contributed by atoms with van der Waals surface area (Å²) >= 11 is 0. The Bertz CT molecular complexity index is 229. The van der Waals surface area contributed by atoms with E-state index in [9.17, 15) is 4.79 Å². The number of hydrogen-bond acceptors (Lipinski definition) is 3. The second-order valence-electron chi connectivity index (χ2n) is 5.15. The molecule has 1 amide bonds. The number of carbonyl (C=O) groups excluding carboxylic acids is 1. The first kappa shape index (κ1) is 13.3. The van der Waals surface area contributed by atoms with Crippen LogP contribution in [0.15, 0.2) is 0 Å². The van der Waals surface area contributed by atoms with Crippen LogP contribution in [0.4, 0.5) is 4.79 Å². The van der Waals surface area contributed by atoms with E-state index in [1.807, 2.05) is 27.7 Å². The van der Waals surface area contributed by atoms with Crippen molar-refractivity contribution in [1.29, 1.82) is 0 Å². The van der Waals surface area contributed by atoms with Crippen LogP contribution >= 0.6 is 0 Å². The maximum Gasteiger partial charge on any atom is 0.410 e. The predicted octanol–water partition coefficient (Wildman–Crippen LogP) is 2.42. The van der Waals surface area contributed by atoms with Gasteiger partial charge in [-0.3, -0.25) is 0 Å². The van der Waals surface area contributed by atoms with Gasteiger partial charge in [-0.25, -0.2) is 4.79 Å². The van der Waals surface area contributed by atoms with Gasteiger partial charge in [0.15, 0.2) is 0 Å². The van der Waals surface area contributed by atoms with Gasteiger partial charge in [-0.15, -0.1) is 0 Å². The Hall–Kier alpha value is -0.770. The fourth-order valence-electron chi connectivity index (χ4n) is 1.69. The van der Waals surface area contributed by atoms with Crippen molar-refractivity contribution in [3.8, 4) is 0 Å². The Labute approximate surface area is 97.9 Å². The van der Waals surface area contributed by atoms with Gasteiger partial charge in [0.05, 0.1) is 12.6 Å². The third-order valence-corrected chi connectivity index (χ3v) is 2.48. The molecule has 0 saturated carbocycles. The van der Waals surface area contributed by atoms with Crippen LogP contribution in [0.25, 0.3) is 0 Å². The molecule has 0 spiro atoms. The molecular formula is C12H23NO3. The molecule has 1 unspecified atom stereocenters. The molecule has 1 saturated heterocycles. The van der Waals surface area contributed by atoms with E-state index in [-0.39, 0.29) is 12.2 Å². The molecule has 1 aliphatic rings. The molecule has 0 aromatic heterocycles. The van der Waals surface area contributed by atoms with Crippen LogP contribution in [0.3, 0.4) is 0 Å². The fourth-order valence-corrected chi connectivity index (χ4v) is 1.69. The van der Waals surface area contributed by atoms with Crippen LogP contribution in [-0.2, 0) is 9.47 Å². The van der Waals surface area contributed by atoms with Gasteiger partial charge in [-0.1, -0.05) is 0 Å². The molecule has 4 nitrogen and oxygen atoms in total. The summed E-state index contributed by atoms with van der Waals surface area (Å²) in [7, 11) is 0. The highest BCUT2D eigenvalue weighted by molar-refractivity contribution is 5.68. The molecule has 0 aliphatic carbocycles. The van der Waals surface area contributed by atoms with Gasteiger partial charge < -0.3 is 14.4 Å². The second kappa shape index (κ2) is 5.53. The Kier molecular flexibility index (Phi) is 4.59. The number of likely N-dealkylation sites (N-methyl/N-ethyl adjacent to an activating group) is 1. The van der Waals surface area contributed by atoms with Crippen LogP contribution < -0.4 is 0 Å². The maximum atomic E-state index is 11.8. The summed E-state index contributed by atoms with van der Waals surface area (Å²) in [6, 6.07) is 0. The first-order valence-corrected chi connectivity index (χ1v) is 6.02. The summed E-state index contributed by atoms with van der Waals surface area (Å²) < 4.78 is 10.8. The van der Waals surface area contributed by atoms with Crippen molar-refractivity contribution in [2.24, 2.45) is 0 Å². The van der Waals surface area contributed by atoms with Crippen molar-refractivity contribution >= 4 is 6.09 Å². The van der Waals surface area contributed by atoms with Gasteiger partial charge in [0, 0.05) is 13.2 Å². The number of hydrogen-bond donors (Lipinski definition) is 0. The molecule has 1 heterocycles. The summed E-state index contributed by atoms with van der Waals surface area (Å²) in [5.74, 6) is 0. The van der Waals surface area contributed by atoms with Gasteiger partial charge in [-0.2, -0.15) is 0 Å². The van der Waals surface area contributed by atoms with E-state index in [1.165, 1.54) is 0 Å². The van der Waals surface area contributed by atoms with Crippen molar-refractivity contribution in [2.45, 2.75) is 52.2 Å². The summed E-state index contributed by atoms with van der Waals surface area (Å²) in [4.78, 5) is 13.5. The maximum absolute atomic E-state index is 11.8. The van der Waals surface area contributed by atoms with Gasteiger partial charge in [0.2, 0.25) is 0 Å². The molecule has 0 aromatic carbocycles. The highest BCUT2D eigenvalue weighted by Gasteiger charge is 2.25. The van der Waals surface area contributed by atoms with Crippen LogP contribution in [0.1, 0.15) is 40.5 Å². The average molecular weight is 229 g/mol. The number of amides is 1. The number of nitrogens with zero attached hydrogens (tertiary/aromatic N) is 1. The average Bonchev–Trinajstić information content (AvgIpc) is 2.63. The number of carbonyl (C=O) groups is 1. The molecule has 16 heavy (non-hydrogen) atoms. The third kappa shape index (κ3) is 4.39. The van der Waals surface area contributed by atoms with E-state index in [2.05, 4.69) is 0 Å². The lowest BCUT2D eigenvalue weighted by Gasteiger charge is -2.28. The topological polar surface area (TPSA) is 38.8 Å². The highest BCUT2D eigenvalue weighted by Crippen LogP contribution is 2.15. The lowest BCUT2D eigenvalue weighted by Crippen LogP contribution is -2.40. The minimum absolute atomic E-state index is 0.187. The molecule has 1 aliphatic heterocycles. The van der Waals surface area contributed by atoms with Crippen LogP contribution in [0, 0.1) is 0 Å². The Morgan fingerprint density at radius 1 is 1.50 bits per heavy atom. The quantitative estimate of drug-likeness (QED) is 0.746. The Morgan fingerprint density at radius 2 is 2.19 bits per heavy atom. The molecule has 0 radical (unpaired) electrons. The largest absolute Gasteiger partial charge is 0.444 e. The highest BCUT2D eigenvalue weighted by atomic mass is 16.6. The van der Waals surface area contributed by atoms with Crippen LogP contribution in [0.5, 0.6) is 0 Å². The molecule has 94 valence electrons. The molecule has 1 atom stereocenters. The minimum Gasteiger partial charge on any atom is -0.444 e. The van der Waals surface area contributed by atoms with E-state index in [4.69, 9.17) is 9.47 Å². The van der Waals surface area contributed by atoms with Gasteiger partial charge in [0.1, 0.15) is 5.60 Å². The zero-order valence-electron chi connectivity index (χ0n) is 10.8. The lowest BCUT2D eigenvalue weighted by molar-refractivity contribution is 0.0119. The third-order valence-electron chi connectivity index (χ3n) is 2.48. The SMILES string of the molecule is CCN(CC1CCCO1)C(=O)OC(C)(C)C. The van der Waals surface area contributed by atoms with E-state index in [1.54, 1.807) is 4.90 Å². The summed E-state index contributed by atoms with van der Waals surface area (Å²) in [5, 5.41) is 0. The van der Waals surface area contributed by atoms with Crippen LogP contribution in [-0.4, -0.2) is 42.4 Å². The monoisotopic (exact) mass is 229 g/mol. The molecule has 1 fully saturated rings. The van der Waals surface area contributed by atoms with Crippen molar-refractivity contribution in [3.63, 3.8) is 0 Å². The molecule has 1 rings (SSSR count). The van der Waals surface area contributed by atoms with Crippen molar-refractivity contribution in [2.75, 3.05) is 19.7 Å². The van der Waals surface area contributed by atoms with Crippen molar-refractivity contribution in [1.82, 2.24) is 4.90 Å². The molecule has 0 aromatic rings. The Balaban J connectivity index is 2.43. The summed E-state index contributed by atoms with van der Waals surface area (Å²) in [5.41, 5.74) is -0.430. The van der Waals surface area contributed by atoms with Gasteiger partial charge in [0.25, 0.3) is 0 Å². The summed E-state index contributed by atoms with van der Waals surface area (Å²) in [6.07, 6.45) is 2.08. The lowest BCUT2D eigenvalue weighted by atomic mass is 10.2. The van der Waals surface area contributed by atoms with E-state index < -0.39 is 5.60 Å². The minimum atomic E-state index is -0.430. The Morgan fingerprint density at radius 3 is 2.62 bits per heavy atom. The second-order valence-corrected chi connectivity index (χ2v) is 5.15. The summed E-state index contributed by atoms with van der Waals surface area (Å²) in [6.45, 7) is 9.72. The van der Waals surface area contributed by atoms with E-state index in [0.29, 0.717) is 13.1 Å². The zero-order valence-corrected chi connectivity index (χ0v) is 10.8. The zero-order chi connectivity index (χ0) is 12.2. The van der Waals surface area contributed by atoms with Crippen molar-refractivity contribution < 1.29 is 14.3 Å². The number of rotatable bonds is 3. The van der Waals surface area contributed by atoms with E-state index >= 15 is 0 Å². The molecule has 4 heteroatoms. The first-order valence-electron chi connectivity index (χ1n) is 6.02. The van der Waals surface area contributed by atoms with E-state index in [0.717, 1.165) is 19.4 Å². The normalized spacial score (nSPS) is 20.9.